The number of pyridine rings is 2. The van der Waals surface area contributed by atoms with Gasteiger partial charge in [-0.3, -0.25) is 19.7 Å². The van der Waals surface area contributed by atoms with Gasteiger partial charge in [-0.15, -0.1) is 0 Å². The van der Waals surface area contributed by atoms with Crippen LogP contribution in [0.15, 0.2) is 61.2 Å². The molecule has 2 N–H and O–H groups in total. The van der Waals surface area contributed by atoms with Gasteiger partial charge in [-0.2, -0.15) is 0 Å². The van der Waals surface area contributed by atoms with Crippen molar-refractivity contribution in [1.29, 1.82) is 0 Å². The average molecular weight is 511 g/mol. The van der Waals surface area contributed by atoms with E-state index < -0.39 is 0 Å². The van der Waals surface area contributed by atoms with E-state index in [2.05, 4.69) is 67.6 Å². The Hall–Kier alpha value is -3.95. The topological polar surface area (TPSA) is 99.2 Å². The van der Waals surface area contributed by atoms with Crippen LogP contribution < -0.4 is 10.6 Å². The zero-order valence-corrected chi connectivity index (χ0v) is 22.2. The van der Waals surface area contributed by atoms with E-state index in [-0.39, 0.29) is 11.8 Å². The monoisotopic (exact) mass is 510 g/mol. The van der Waals surface area contributed by atoms with Crippen molar-refractivity contribution in [3.05, 3.63) is 78.0 Å². The van der Waals surface area contributed by atoms with Crippen LogP contribution in [0.2, 0.25) is 0 Å². The summed E-state index contributed by atoms with van der Waals surface area (Å²) < 4.78 is 0. The number of rotatable bonds is 8. The van der Waals surface area contributed by atoms with Crippen LogP contribution >= 0.6 is 0 Å². The SMILES string of the molecule is CNC(=O)c1ccnc2c(C(C)CNc3cc(-c4ccc(CN5CCN(C)CC5)nc4)ncn3)cccc12. The molecule has 38 heavy (non-hydrogen) atoms. The summed E-state index contributed by atoms with van der Waals surface area (Å²) in [6.07, 6.45) is 5.17. The minimum absolute atomic E-state index is 0.115. The van der Waals surface area contributed by atoms with Crippen molar-refractivity contribution in [2.45, 2.75) is 19.4 Å². The zero-order chi connectivity index (χ0) is 26.5. The second-order valence-electron chi connectivity index (χ2n) is 9.87. The van der Waals surface area contributed by atoms with Crippen molar-refractivity contribution in [2.75, 3.05) is 52.1 Å². The van der Waals surface area contributed by atoms with E-state index in [0.717, 1.165) is 72.0 Å². The number of hydrogen-bond acceptors (Lipinski definition) is 8. The molecule has 1 aliphatic heterocycles. The van der Waals surface area contributed by atoms with Gasteiger partial charge in [0.2, 0.25) is 0 Å². The van der Waals surface area contributed by atoms with Crippen molar-refractivity contribution >= 4 is 22.6 Å². The molecule has 0 spiro atoms. The van der Waals surface area contributed by atoms with Crippen LogP contribution in [0.5, 0.6) is 0 Å². The smallest absolute Gasteiger partial charge is 0.251 e. The fraction of sp³-hybridized carbons (Fsp3) is 0.345. The van der Waals surface area contributed by atoms with Gasteiger partial charge in [-0.1, -0.05) is 25.1 Å². The van der Waals surface area contributed by atoms with Gasteiger partial charge in [0.25, 0.3) is 5.91 Å². The minimum atomic E-state index is -0.115. The van der Waals surface area contributed by atoms with E-state index >= 15 is 0 Å². The molecule has 1 saturated heterocycles. The number of nitrogens with one attached hydrogen (secondary N) is 2. The van der Waals surface area contributed by atoms with Crippen LogP contribution in [0.4, 0.5) is 5.82 Å². The second-order valence-corrected chi connectivity index (χ2v) is 9.87. The second kappa shape index (κ2) is 11.6. The highest BCUT2D eigenvalue weighted by Crippen LogP contribution is 2.27. The molecule has 1 aromatic carbocycles. The van der Waals surface area contributed by atoms with Gasteiger partial charge >= 0.3 is 0 Å². The quantitative estimate of drug-likeness (QED) is 0.372. The van der Waals surface area contributed by atoms with E-state index in [1.807, 2.05) is 24.4 Å². The highest BCUT2D eigenvalue weighted by atomic mass is 16.1. The summed E-state index contributed by atoms with van der Waals surface area (Å²) in [5, 5.41) is 7.01. The molecule has 1 unspecified atom stereocenters. The molecule has 0 bridgehead atoms. The lowest BCUT2D eigenvalue weighted by Crippen LogP contribution is -2.43. The summed E-state index contributed by atoms with van der Waals surface area (Å²) in [6, 6.07) is 13.9. The molecule has 1 aliphatic rings. The number of carbonyl (C=O) groups excluding carboxylic acids is 1. The molecule has 1 fully saturated rings. The molecule has 0 saturated carbocycles. The zero-order valence-electron chi connectivity index (χ0n) is 22.2. The Morgan fingerprint density at radius 2 is 1.87 bits per heavy atom. The number of anilines is 1. The molecule has 1 amide bonds. The van der Waals surface area contributed by atoms with Gasteiger partial charge in [0, 0.05) is 81.6 Å². The third kappa shape index (κ3) is 5.79. The Bertz CT molecular complexity index is 1400. The number of fused-ring (bicyclic) bond motifs is 1. The molecule has 9 nitrogen and oxygen atoms in total. The fourth-order valence-electron chi connectivity index (χ4n) is 4.81. The molecule has 0 aliphatic carbocycles. The summed E-state index contributed by atoms with van der Waals surface area (Å²) in [7, 11) is 3.81. The van der Waals surface area contributed by atoms with E-state index in [1.54, 1.807) is 25.6 Å². The number of likely N-dealkylation sites (N-methyl/N-ethyl adjacent to an activating group) is 1. The van der Waals surface area contributed by atoms with Crippen molar-refractivity contribution in [3.63, 3.8) is 0 Å². The summed E-state index contributed by atoms with van der Waals surface area (Å²) >= 11 is 0. The Balaban J connectivity index is 1.25. The van der Waals surface area contributed by atoms with Crippen molar-refractivity contribution in [3.8, 4) is 11.3 Å². The van der Waals surface area contributed by atoms with Crippen molar-refractivity contribution in [1.82, 2.24) is 35.1 Å². The maximum atomic E-state index is 12.3. The lowest BCUT2D eigenvalue weighted by molar-refractivity contribution is 0.0964. The summed E-state index contributed by atoms with van der Waals surface area (Å²) in [5.41, 5.74) is 5.41. The predicted octanol–water partition coefficient (Wildman–Crippen LogP) is 3.41. The Labute approximate surface area is 223 Å². The number of benzene rings is 1. The predicted molar refractivity (Wildman–Crippen MR) is 150 cm³/mol. The molecule has 1 atom stereocenters. The molecular weight excluding hydrogens is 476 g/mol. The van der Waals surface area contributed by atoms with Crippen LogP contribution in [0, 0.1) is 0 Å². The molecule has 3 aromatic heterocycles. The highest BCUT2D eigenvalue weighted by Gasteiger charge is 2.16. The van der Waals surface area contributed by atoms with Gasteiger partial charge in [-0.05, 0) is 30.8 Å². The third-order valence-corrected chi connectivity index (χ3v) is 7.16. The lowest BCUT2D eigenvalue weighted by Gasteiger charge is -2.32. The van der Waals surface area contributed by atoms with Gasteiger partial charge in [0.1, 0.15) is 12.1 Å². The number of aromatic nitrogens is 4. The Morgan fingerprint density at radius 3 is 2.63 bits per heavy atom. The summed E-state index contributed by atoms with van der Waals surface area (Å²) in [4.78, 5) is 35.3. The van der Waals surface area contributed by atoms with Crippen LogP contribution in [-0.4, -0.2) is 82.5 Å². The van der Waals surface area contributed by atoms with Crippen LogP contribution in [0.1, 0.15) is 34.5 Å². The van der Waals surface area contributed by atoms with Crippen molar-refractivity contribution < 1.29 is 4.79 Å². The first-order chi connectivity index (χ1) is 18.5. The normalized spacial score (nSPS) is 15.3. The van der Waals surface area contributed by atoms with Crippen LogP contribution in [0.3, 0.4) is 0 Å². The van der Waals surface area contributed by atoms with Gasteiger partial charge in [-0.25, -0.2) is 9.97 Å². The lowest BCUT2D eigenvalue weighted by atomic mass is 9.96. The largest absolute Gasteiger partial charge is 0.369 e. The molecule has 196 valence electrons. The number of nitrogens with zero attached hydrogens (tertiary/aromatic N) is 6. The summed E-state index contributed by atoms with van der Waals surface area (Å²) in [6.45, 7) is 8.01. The van der Waals surface area contributed by atoms with E-state index in [9.17, 15) is 4.79 Å². The van der Waals surface area contributed by atoms with E-state index in [0.29, 0.717) is 12.1 Å². The molecule has 4 heterocycles. The number of piperazine rings is 1. The first-order valence-electron chi connectivity index (χ1n) is 13.0. The fourth-order valence-corrected chi connectivity index (χ4v) is 4.81. The van der Waals surface area contributed by atoms with Gasteiger partial charge < -0.3 is 15.5 Å². The van der Waals surface area contributed by atoms with Crippen molar-refractivity contribution in [2.24, 2.45) is 0 Å². The summed E-state index contributed by atoms with van der Waals surface area (Å²) in [5.74, 6) is 0.776. The Morgan fingerprint density at radius 1 is 1.03 bits per heavy atom. The molecule has 5 rings (SSSR count). The highest BCUT2D eigenvalue weighted by molar-refractivity contribution is 6.06. The van der Waals surface area contributed by atoms with E-state index in [4.69, 9.17) is 4.98 Å². The number of para-hydroxylation sites is 1. The molecule has 4 aromatic rings. The van der Waals surface area contributed by atoms with Crippen LogP contribution in [0.25, 0.3) is 22.2 Å². The molecular formula is C29H34N8O. The number of hydrogen-bond donors (Lipinski definition) is 2. The first-order valence-corrected chi connectivity index (χ1v) is 13.0. The van der Waals surface area contributed by atoms with Crippen LogP contribution in [-0.2, 0) is 6.54 Å². The maximum absolute atomic E-state index is 12.3. The first kappa shape index (κ1) is 25.7. The number of carbonyl (C=O) groups is 1. The maximum Gasteiger partial charge on any atom is 0.251 e. The molecule has 9 heteroatoms. The van der Waals surface area contributed by atoms with Gasteiger partial charge in [0.15, 0.2) is 0 Å². The standard InChI is InChI=1S/C29H34N8O/c1-20(23-5-4-6-24-25(29(38)30-2)9-10-31-28(23)24)16-33-27-15-26(34-19-35-27)21-7-8-22(32-17-21)18-37-13-11-36(3)12-14-37/h4-10,15,17,19-20H,11-14,16,18H2,1-3H3,(H,30,38)(H,33,34,35). The third-order valence-electron chi connectivity index (χ3n) is 7.16. The van der Waals surface area contributed by atoms with Gasteiger partial charge in [0.05, 0.1) is 22.5 Å². The molecule has 0 radical (unpaired) electrons. The Kier molecular flexibility index (Phi) is 7.86. The number of amides is 1. The van der Waals surface area contributed by atoms with E-state index in [1.165, 1.54) is 0 Å². The minimum Gasteiger partial charge on any atom is -0.369 e. The average Bonchev–Trinajstić information content (AvgIpc) is 2.96.